The number of rotatable bonds is 9. The Labute approximate surface area is 270 Å². The van der Waals surface area contributed by atoms with E-state index < -0.39 is 16.1 Å². The SMILES string of the molecule is C[C@@H]1CCCCO[C@H](CN(C)CC2CCCCC2)[C@H](C)CN([C@H](C)CO)C(=O)c2cc(NS(=O)(=O)c3ccccc3)ccc2O1. The van der Waals surface area contributed by atoms with Crippen molar-refractivity contribution >= 4 is 21.6 Å². The molecule has 1 amide bonds. The highest BCUT2D eigenvalue weighted by atomic mass is 32.2. The van der Waals surface area contributed by atoms with Gasteiger partial charge in [-0.05, 0) is 89.2 Å². The van der Waals surface area contributed by atoms with Crippen molar-refractivity contribution in [3.05, 3.63) is 54.1 Å². The first kappa shape index (κ1) is 35.2. The van der Waals surface area contributed by atoms with Gasteiger partial charge < -0.3 is 24.4 Å². The molecule has 1 aliphatic heterocycles. The highest BCUT2D eigenvalue weighted by Crippen LogP contribution is 2.30. The van der Waals surface area contributed by atoms with E-state index in [4.69, 9.17) is 9.47 Å². The Balaban J connectivity index is 1.62. The molecule has 45 heavy (non-hydrogen) atoms. The van der Waals surface area contributed by atoms with Gasteiger partial charge in [-0.1, -0.05) is 44.4 Å². The van der Waals surface area contributed by atoms with Crippen LogP contribution < -0.4 is 9.46 Å². The number of carbonyl (C=O) groups excluding carboxylic acids is 1. The lowest BCUT2D eigenvalue weighted by molar-refractivity contribution is -0.0190. The van der Waals surface area contributed by atoms with Gasteiger partial charge in [-0.3, -0.25) is 9.52 Å². The molecule has 2 aromatic carbocycles. The van der Waals surface area contributed by atoms with Crippen molar-refractivity contribution in [1.82, 2.24) is 9.80 Å². The van der Waals surface area contributed by atoms with Gasteiger partial charge in [-0.15, -0.1) is 0 Å². The first-order valence-electron chi connectivity index (χ1n) is 16.7. The molecule has 250 valence electrons. The number of hydrogen-bond acceptors (Lipinski definition) is 7. The first-order chi connectivity index (χ1) is 21.6. The number of nitrogens with zero attached hydrogens (tertiary/aromatic N) is 2. The van der Waals surface area contributed by atoms with Crippen LogP contribution in [-0.2, 0) is 14.8 Å². The Hall–Kier alpha value is -2.66. The highest BCUT2D eigenvalue weighted by molar-refractivity contribution is 7.92. The summed E-state index contributed by atoms with van der Waals surface area (Å²) in [5.74, 6) is 0.784. The topological polar surface area (TPSA) is 108 Å². The summed E-state index contributed by atoms with van der Waals surface area (Å²) in [5, 5.41) is 10.2. The van der Waals surface area contributed by atoms with Crippen LogP contribution in [0.15, 0.2) is 53.4 Å². The monoisotopic (exact) mass is 643 g/mol. The zero-order valence-corrected chi connectivity index (χ0v) is 28.3. The molecular weight excluding hydrogens is 590 g/mol. The molecule has 2 N–H and O–H groups in total. The van der Waals surface area contributed by atoms with Gasteiger partial charge in [0.1, 0.15) is 5.75 Å². The molecule has 1 saturated carbocycles. The molecule has 4 rings (SSSR count). The van der Waals surface area contributed by atoms with E-state index in [0.717, 1.165) is 38.3 Å². The van der Waals surface area contributed by atoms with Crippen LogP contribution in [0.3, 0.4) is 0 Å². The number of nitrogens with one attached hydrogen (secondary N) is 1. The maximum atomic E-state index is 14.3. The largest absolute Gasteiger partial charge is 0.490 e. The first-order valence-corrected chi connectivity index (χ1v) is 18.2. The Bertz CT molecular complexity index is 1320. The van der Waals surface area contributed by atoms with Crippen LogP contribution in [0, 0.1) is 11.8 Å². The van der Waals surface area contributed by atoms with E-state index in [9.17, 15) is 18.3 Å². The average Bonchev–Trinajstić information content (AvgIpc) is 3.03. The summed E-state index contributed by atoms with van der Waals surface area (Å²) >= 11 is 0. The van der Waals surface area contributed by atoms with Crippen molar-refractivity contribution in [3.63, 3.8) is 0 Å². The summed E-state index contributed by atoms with van der Waals surface area (Å²) in [4.78, 5) is 18.5. The molecular formula is C35H53N3O6S. The van der Waals surface area contributed by atoms with Gasteiger partial charge in [0.25, 0.3) is 15.9 Å². The number of aliphatic hydroxyl groups excluding tert-OH is 1. The second-order valence-corrected chi connectivity index (χ2v) is 14.8. The van der Waals surface area contributed by atoms with Crippen LogP contribution in [0.25, 0.3) is 0 Å². The Morgan fingerprint density at radius 2 is 1.71 bits per heavy atom. The summed E-state index contributed by atoms with van der Waals surface area (Å²) in [6.07, 6.45) is 8.90. The molecule has 2 aliphatic rings. The number of anilines is 1. The van der Waals surface area contributed by atoms with Gasteiger partial charge in [0.05, 0.1) is 35.3 Å². The minimum absolute atomic E-state index is 0.0113. The van der Waals surface area contributed by atoms with Crippen molar-refractivity contribution in [1.29, 1.82) is 0 Å². The molecule has 1 heterocycles. The number of aliphatic hydroxyl groups is 1. The molecule has 0 bridgehead atoms. The predicted molar refractivity (Wildman–Crippen MR) is 178 cm³/mol. The molecule has 0 radical (unpaired) electrons. The third-order valence-corrected chi connectivity index (χ3v) is 10.5. The predicted octanol–water partition coefficient (Wildman–Crippen LogP) is 5.80. The van der Waals surface area contributed by atoms with Crippen molar-refractivity contribution in [2.45, 2.75) is 95.3 Å². The average molecular weight is 644 g/mol. The van der Waals surface area contributed by atoms with Gasteiger partial charge in [0, 0.05) is 37.8 Å². The molecule has 0 unspecified atom stereocenters. The maximum Gasteiger partial charge on any atom is 0.261 e. The van der Waals surface area contributed by atoms with E-state index in [1.165, 1.54) is 44.2 Å². The van der Waals surface area contributed by atoms with Gasteiger partial charge in [-0.25, -0.2) is 8.42 Å². The minimum Gasteiger partial charge on any atom is -0.490 e. The standard InChI is InChI=1S/C35H53N3O6S/c1-26-22-38(27(2)25-39)35(40)32-21-30(36-45(41,42)31-16-9-6-10-17-31)18-19-33(32)44-28(3)13-11-12-20-43-34(26)24-37(4)23-29-14-7-5-8-15-29/h6,9-10,16-19,21,26-29,34,36,39H,5,7-8,11-15,20,22-25H2,1-4H3/t26-,27-,28-,34-/m1/s1. The van der Waals surface area contributed by atoms with E-state index in [-0.39, 0.29) is 46.8 Å². The van der Waals surface area contributed by atoms with Crippen LogP contribution >= 0.6 is 0 Å². The van der Waals surface area contributed by atoms with Crippen LogP contribution in [0.5, 0.6) is 5.75 Å². The lowest BCUT2D eigenvalue weighted by Crippen LogP contribution is -2.47. The summed E-state index contributed by atoms with van der Waals surface area (Å²) < 4.78 is 41.6. The third-order valence-electron chi connectivity index (χ3n) is 9.14. The molecule has 2 aromatic rings. The third kappa shape index (κ3) is 10.2. The molecule has 0 aromatic heterocycles. The van der Waals surface area contributed by atoms with Crippen molar-refractivity contribution in [3.8, 4) is 5.75 Å². The van der Waals surface area contributed by atoms with E-state index >= 15 is 0 Å². The number of ether oxygens (including phenoxy) is 2. The molecule has 1 fully saturated rings. The Morgan fingerprint density at radius 1 is 1.00 bits per heavy atom. The fraction of sp³-hybridized carbons (Fsp3) is 0.629. The smallest absolute Gasteiger partial charge is 0.261 e. The zero-order chi connectivity index (χ0) is 32.4. The second kappa shape index (κ2) is 16.8. The number of sulfonamides is 1. The van der Waals surface area contributed by atoms with Gasteiger partial charge in [0.15, 0.2) is 0 Å². The van der Waals surface area contributed by atoms with Crippen LogP contribution in [0.1, 0.15) is 82.5 Å². The number of amides is 1. The summed E-state index contributed by atoms with van der Waals surface area (Å²) in [7, 11) is -1.70. The van der Waals surface area contributed by atoms with Crippen molar-refractivity contribution in [2.75, 3.05) is 44.6 Å². The maximum absolute atomic E-state index is 14.3. The minimum atomic E-state index is -3.87. The number of fused-ring (bicyclic) bond motifs is 1. The quantitative estimate of drug-likeness (QED) is 0.356. The molecule has 0 spiro atoms. The van der Waals surface area contributed by atoms with Crippen molar-refractivity contribution in [2.24, 2.45) is 11.8 Å². The van der Waals surface area contributed by atoms with Crippen LogP contribution in [0.2, 0.25) is 0 Å². The zero-order valence-electron chi connectivity index (χ0n) is 27.5. The number of likely N-dealkylation sites (N-methyl/N-ethyl adjacent to an activating group) is 1. The van der Waals surface area contributed by atoms with E-state index in [1.807, 2.05) is 13.8 Å². The number of hydrogen-bond donors (Lipinski definition) is 2. The highest BCUT2D eigenvalue weighted by Gasteiger charge is 2.31. The molecule has 9 nitrogen and oxygen atoms in total. The summed E-state index contributed by atoms with van der Waals surface area (Å²) in [5.41, 5.74) is 0.519. The fourth-order valence-corrected chi connectivity index (χ4v) is 7.53. The molecule has 10 heteroatoms. The Morgan fingerprint density at radius 3 is 2.42 bits per heavy atom. The van der Waals surface area contributed by atoms with E-state index in [2.05, 4.69) is 23.6 Å². The molecule has 4 atom stereocenters. The van der Waals surface area contributed by atoms with Crippen LogP contribution in [0.4, 0.5) is 5.69 Å². The lowest BCUT2D eigenvalue weighted by Gasteiger charge is -2.36. The van der Waals surface area contributed by atoms with E-state index in [0.29, 0.717) is 18.9 Å². The second-order valence-electron chi connectivity index (χ2n) is 13.2. The Kier molecular flexibility index (Phi) is 13.1. The normalized spacial score (nSPS) is 23.6. The van der Waals surface area contributed by atoms with Gasteiger partial charge >= 0.3 is 0 Å². The molecule has 0 saturated heterocycles. The lowest BCUT2D eigenvalue weighted by atomic mass is 9.89. The fourth-order valence-electron chi connectivity index (χ4n) is 6.45. The molecule has 1 aliphatic carbocycles. The van der Waals surface area contributed by atoms with Crippen molar-refractivity contribution < 1.29 is 27.8 Å². The van der Waals surface area contributed by atoms with Gasteiger partial charge in [0.2, 0.25) is 0 Å². The summed E-state index contributed by atoms with van der Waals surface area (Å²) in [6.45, 7) is 8.54. The summed E-state index contributed by atoms with van der Waals surface area (Å²) in [6, 6.07) is 12.5. The number of benzene rings is 2. The van der Waals surface area contributed by atoms with E-state index in [1.54, 1.807) is 41.3 Å². The van der Waals surface area contributed by atoms with Gasteiger partial charge in [-0.2, -0.15) is 0 Å². The number of carbonyl (C=O) groups is 1. The van der Waals surface area contributed by atoms with Crippen LogP contribution in [-0.4, -0.2) is 87.4 Å².